The summed E-state index contributed by atoms with van der Waals surface area (Å²) in [7, 11) is 0. The highest BCUT2D eigenvalue weighted by Gasteiger charge is 1.52. The van der Waals surface area contributed by atoms with Crippen LogP contribution >= 0.6 is 12.2 Å². The molecule has 0 aliphatic carbocycles. The zero-order valence-corrected chi connectivity index (χ0v) is 3.25. The molecule has 0 aromatic carbocycles. The second kappa shape index (κ2) is 3.81. The number of nitrogens with one attached hydrogen (secondary N) is 2. The standard InChI is InChI=1S/CH4N2OS/c4-3-2-1-5/h1,3-4H,(H,2,5). The van der Waals surface area contributed by atoms with Gasteiger partial charge in [0.05, 0.1) is 5.49 Å². The first-order valence-corrected chi connectivity index (χ1v) is 1.47. The van der Waals surface area contributed by atoms with Crippen molar-refractivity contribution in [1.29, 1.82) is 0 Å². The second-order valence-corrected chi connectivity index (χ2v) is 0.610. The molecule has 0 amide bonds. The molecule has 0 aromatic rings. The maximum Gasteiger partial charge on any atom is 0.0778 e. The molecule has 0 saturated heterocycles. The summed E-state index contributed by atoms with van der Waals surface area (Å²) < 4.78 is 0. The maximum atomic E-state index is 7.61. The first-order chi connectivity index (χ1) is 2.41. The van der Waals surface area contributed by atoms with E-state index in [0.717, 1.165) is 5.49 Å². The Labute approximate surface area is 34.9 Å². The van der Waals surface area contributed by atoms with Crippen molar-refractivity contribution in [3.8, 4) is 0 Å². The Bertz CT molecular complexity index is 30.8. The lowest BCUT2D eigenvalue weighted by atomic mass is 11.5. The maximum absolute atomic E-state index is 7.61. The predicted molar refractivity (Wildman–Crippen MR) is 21.7 cm³/mol. The Balaban J connectivity index is 2.40. The van der Waals surface area contributed by atoms with Crippen LogP contribution in [0, 0.1) is 0 Å². The minimum absolute atomic E-state index is 1.15. The molecule has 0 unspecified atom stereocenters. The summed E-state index contributed by atoms with van der Waals surface area (Å²) in [6.45, 7) is 0. The number of rotatable bonds is 2. The van der Waals surface area contributed by atoms with Crippen LogP contribution in [-0.2, 0) is 0 Å². The highest BCUT2D eigenvalue weighted by Crippen LogP contribution is 1.29. The molecule has 3 N–H and O–H groups in total. The summed E-state index contributed by atoms with van der Waals surface area (Å²) in [4.78, 5) is 0. The van der Waals surface area contributed by atoms with Crippen LogP contribution in [0.1, 0.15) is 0 Å². The molecule has 0 aromatic heterocycles. The molecule has 30 valence electrons. The van der Waals surface area contributed by atoms with E-state index >= 15 is 0 Å². The van der Waals surface area contributed by atoms with Crippen LogP contribution in [0.15, 0.2) is 0 Å². The van der Waals surface area contributed by atoms with Gasteiger partial charge in [0.1, 0.15) is 0 Å². The zero-order valence-electron chi connectivity index (χ0n) is 2.43. The van der Waals surface area contributed by atoms with E-state index in [1.165, 1.54) is 0 Å². The van der Waals surface area contributed by atoms with Gasteiger partial charge >= 0.3 is 0 Å². The van der Waals surface area contributed by atoms with Crippen molar-refractivity contribution < 1.29 is 5.21 Å². The van der Waals surface area contributed by atoms with Gasteiger partial charge in [-0.25, -0.2) is 0 Å². The van der Waals surface area contributed by atoms with E-state index in [1.54, 1.807) is 5.59 Å². The van der Waals surface area contributed by atoms with Crippen molar-refractivity contribution in [3.63, 3.8) is 0 Å². The van der Waals surface area contributed by atoms with Crippen LogP contribution in [0.3, 0.4) is 0 Å². The van der Waals surface area contributed by atoms with Crippen LogP contribution in [0.25, 0.3) is 0 Å². The van der Waals surface area contributed by atoms with Crippen molar-refractivity contribution in [3.05, 3.63) is 0 Å². The molecule has 0 bridgehead atoms. The van der Waals surface area contributed by atoms with E-state index in [9.17, 15) is 0 Å². The number of hydrogen-bond acceptors (Lipinski definition) is 3. The molecule has 3 nitrogen and oxygen atoms in total. The summed E-state index contributed by atoms with van der Waals surface area (Å²) in [5, 5.41) is 7.61. The fraction of sp³-hybridized carbons (Fsp3) is 0. The molecule has 0 aliphatic rings. The zero-order chi connectivity index (χ0) is 4.12. The molecular weight excluding hydrogens is 88.1 g/mol. The van der Waals surface area contributed by atoms with Gasteiger partial charge in [-0.3, -0.25) is 10.6 Å². The molecule has 0 rings (SSSR count). The van der Waals surface area contributed by atoms with Crippen molar-refractivity contribution in [1.82, 2.24) is 11.0 Å². The van der Waals surface area contributed by atoms with Gasteiger partial charge in [-0.05, 0) is 0 Å². The van der Waals surface area contributed by atoms with Crippen molar-refractivity contribution in [2.75, 3.05) is 0 Å². The Morgan fingerprint density at radius 3 is 2.40 bits per heavy atom. The third kappa shape index (κ3) is 3.81. The molecule has 0 aliphatic heterocycles. The molecule has 5 heavy (non-hydrogen) atoms. The Morgan fingerprint density at radius 1 is 1.80 bits per heavy atom. The molecule has 4 heteroatoms. The van der Waals surface area contributed by atoms with Crippen LogP contribution in [0.5, 0.6) is 0 Å². The average Bonchev–Trinajstić information content (AvgIpc) is 1.41. The highest BCUT2D eigenvalue weighted by atomic mass is 32.1. The predicted octanol–water partition coefficient (Wildman–Crippen LogP) is -0.573. The van der Waals surface area contributed by atoms with E-state index in [4.69, 9.17) is 5.21 Å². The number of hydrazine groups is 1. The summed E-state index contributed by atoms with van der Waals surface area (Å²) >= 11 is 4.19. The first-order valence-electron chi connectivity index (χ1n) is 0.998. The summed E-state index contributed by atoms with van der Waals surface area (Å²) in [6, 6.07) is 0. The summed E-state index contributed by atoms with van der Waals surface area (Å²) in [5.41, 5.74) is 4.87. The average molecular weight is 92.1 g/mol. The fourth-order valence-electron chi connectivity index (χ4n) is 0.0264. The van der Waals surface area contributed by atoms with E-state index < -0.39 is 0 Å². The van der Waals surface area contributed by atoms with E-state index in [1.807, 2.05) is 0 Å². The lowest BCUT2D eigenvalue weighted by Crippen LogP contribution is -2.24. The summed E-state index contributed by atoms with van der Waals surface area (Å²) in [6.07, 6.45) is 0. The Hall–Kier alpha value is -0.190. The van der Waals surface area contributed by atoms with Gasteiger partial charge in [0.25, 0.3) is 0 Å². The van der Waals surface area contributed by atoms with Crippen molar-refractivity contribution in [2.45, 2.75) is 0 Å². The first kappa shape index (κ1) is 4.81. The lowest BCUT2D eigenvalue weighted by Gasteiger charge is -1.84. The number of thiocarbonyl (C=S) groups is 1. The minimum atomic E-state index is 1.15. The molecule has 0 radical (unpaired) electrons. The van der Waals surface area contributed by atoms with Gasteiger partial charge in [-0.1, -0.05) is 12.2 Å². The van der Waals surface area contributed by atoms with Gasteiger partial charge in [0, 0.05) is 0 Å². The van der Waals surface area contributed by atoms with Crippen LogP contribution in [0.4, 0.5) is 0 Å². The van der Waals surface area contributed by atoms with Crippen LogP contribution < -0.4 is 11.0 Å². The van der Waals surface area contributed by atoms with Crippen molar-refractivity contribution >= 4 is 17.7 Å². The fourth-order valence-corrected chi connectivity index (χ4v) is 0.0791. The smallest absolute Gasteiger partial charge is 0.0778 e. The molecule has 0 heterocycles. The molecule has 0 saturated carbocycles. The Kier molecular flexibility index (Phi) is 3.67. The van der Waals surface area contributed by atoms with Gasteiger partial charge in [0.15, 0.2) is 0 Å². The monoisotopic (exact) mass is 92.0 g/mol. The third-order valence-corrected chi connectivity index (χ3v) is 0.241. The van der Waals surface area contributed by atoms with E-state index in [2.05, 4.69) is 17.6 Å². The Morgan fingerprint density at radius 2 is 2.40 bits per heavy atom. The summed E-state index contributed by atoms with van der Waals surface area (Å²) in [5.74, 6) is 0. The molecule has 0 atom stereocenters. The van der Waals surface area contributed by atoms with Crippen molar-refractivity contribution in [2.24, 2.45) is 0 Å². The third-order valence-electron chi connectivity index (χ3n) is 0.123. The van der Waals surface area contributed by atoms with Gasteiger partial charge < -0.3 is 0 Å². The number of hydrogen-bond donors (Lipinski definition) is 3. The van der Waals surface area contributed by atoms with Gasteiger partial charge in [-0.2, -0.15) is 0 Å². The SMILES string of the molecule is ONNC=S. The van der Waals surface area contributed by atoms with Gasteiger partial charge in [0.2, 0.25) is 0 Å². The topological polar surface area (TPSA) is 44.3 Å². The molecule has 0 spiro atoms. The quantitative estimate of drug-likeness (QED) is 0.315. The van der Waals surface area contributed by atoms with Crippen LogP contribution in [-0.4, -0.2) is 10.7 Å². The second-order valence-electron chi connectivity index (χ2n) is 0.374. The van der Waals surface area contributed by atoms with E-state index in [-0.39, 0.29) is 0 Å². The molecular formula is CH4N2OS. The lowest BCUT2D eigenvalue weighted by molar-refractivity contribution is 0.147. The van der Waals surface area contributed by atoms with E-state index in [0.29, 0.717) is 0 Å². The normalized spacial score (nSPS) is 6.60. The van der Waals surface area contributed by atoms with Gasteiger partial charge in [-0.15, -0.1) is 5.59 Å². The molecule has 0 fully saturated rings. The minimum Gasteiger partial charge on any atom is -0.297 e. The largest absolute Gasteiger partial charge is 0.297 e. The van der Waals surface area contributed by atoms with Crippen LogP contribution in [0.2, 0.25) is 0 Å². The highest BCUT2D eigenvalue weighted by molar-refractivity contribution is 7.78.